The summed E-state index contributed by atoms with van der Waals surface area (Å²) in [7, 11) is 0. The van der Waals surface area contributed by atoms with Crippen LogP contribution in [0.15, 0.2) is 54.6 Å². The number of amides is 3. The molecule has 2 N–H and O–H groups in total. The van der Waals surface area contributed by atoms with E-state index < -0.39 is 0 Å². The molecule has 0 atom stereocenters. The van der Waals surface area contributed by atoms with Crippen LogP contribution in [0.1, 0.15) is 22.5 Å². The maximum Gasteiger partial charge on any atom is 0.315 e. The fraction of sp³-hybridized carbons (Fsp3) is 0.261. The first-order valence-corrected chi connectivity index (χ1v) is 10.0. The third-order valence-corrected chi connectivity index (χ3v) is 5.46. The predicted octanol–water partition coefficient (Wildman–Crippen LogP) is 2.88. The smallest absolute Gasteiger partial charge is 0.315 e. The number of fused-ring (bicyclic) bond motifs is 1. The zero-order valence-electron chi connectivity index (χ0n) is 17.2. The van der Waals surface area contributed by atoms with Crippen LogP contribution in [-0.2, 0) is 17.8 Å². The Morgan fingerprint density at radius 1 is 1.00 bits per heavy atom. The quantitative estimate of drug-likeness (QED) is 0.688. The van der Waals surface area contributed by atoms with Crippen molar-refractivity contribution >= 4 is 17.6 Å². The highest BCUT2D eigenvalue weighted by atomic mass is 16.2. The number of nitrogens with one attached hydrogen (secondary N) is 2. The molecule has 30 heavy (non-hydrogen) atoms. The summed E-state index contributed by atoms with van der Waals surface area (Å²) in [4.78, 5) is 26.5. The van der Waals surface area contributed by atoms with E-state index in [4.69, 9.17) is 0 Å². The van der Waals surface area contributed by atoms with Crippen LogP contribution in [0.5, 0.6) is 0 Å². The molecule has 1 aromatic heterocycles. The van der Waals surface area contributed by atoms with Crippen molar-refractivity contribution in [1.29, 1.82) is 0 Å². The van der Waals surface area contributed by atoms with Crippen LogP contribution in [0.2, 0.25) is 0 Å². The first kappa shape index (κ1) is 19.7. The van der Waals surface area contributed by atoms with Gasteiger partial charge in [-0.05, 0) is 44.0 Å². The van der Waals surface area contributed by atoms with Crippen molar-refractivity contribution in [1.82, 2.24) is 20.4 Å². The Balaban J connectivity index is 1.33. The van der Waals surface area contributed by atoms with Crippen molar-refractivity contribution in [2.24, 2.45) is 0 Å². The van der Waals surface area contributed by atoms with Gasteiger partial charge in [-0.1, -0.05) is 36.4 Å². The molecule has 4 rings (SSSR count). The molecule has 2 aromatic carbocycles. The molecule has 0 bridgehead atoms. The maximum absolute atomic E-state index is 12.5. The number of para-hydroxylation sites is 2. The van der Waals surface area contributed by atoms with E-state index in [-0.39, 0.29) is 18.5 Å². The van der Waals surface area contributed by atoms with Gasteiger partial charge in [0.2, 0.25) is 5.91 Å². The first-order chi connectivity index (χ1) is 14.5. The van der Waals surface area contributed by atoms with Gasteiger partial charge < -0.3 is 15.5 Å². The summed E-state index contributed by atoms with van der Waals surface area (Å²) in [5.74, 6) is -0.112. The van der Waals surface area contributed by atoms with Gasteiger partial charge in [-0.15, -0.1) is 0 Å². The van der Waals surface area contributed by atoms with Crippen LogP contribution >= 0.6 is 0 Å². The normalized spacial score (nSPS) is 12.5. The highest BCUT2D eigenvalue weighted by molar-refractivity contribution is 5.98. The van der Waals surface area contributed by atoms with Crippen molar-refractivity contribution in [2.75, 3.05) is 18.0 Å². The number of hydrogen-bond acceptors (Lipinski definition) is 3. The van der Waals surface area contributed by atoms with Gasteiger partial charge >= 0.3 is 6.03 Å². The number of urea groups is 1. The van der Waals surface area contributed by atoms with E-state index in [0.717, 1.165) is 40.3 Å². The van der Waals surface area contributed by atoms with Gasteiger partial charge in [0.15, 0.2) is 0 Å². The highest BCUT2D eigenvalue weighted by Gasteiger charge is 2.24. The largest absolute Gasteiger partial charge is 0.334 e. The summed E-state index contributed by atoms with van der Waals surface area (Å²) in [5, 5.41) is 10.1. The lowest BCUT2D eigenvalue weighted by Gasteiger charge is -2.17. The third kappa shape index (κ3) is 3.91. The molecule has 0 unspecified atom stereocenters. The number of carbonyl (C=O) groups is 2. The Morgan fingerprint density at radius 3 is 2.53 bits per heavy atom. The van der Waals surface area contributed by atoms with Crippen molar-refractivity contribution in [3.05, 3.63) is 77.1 Å². The van der Waals surface area contributed by atoms with E-state index in [2.05, 4.69) is 15.7 Å². The number of benzene rings is 2. The average Bonchev–Trinajstić information content (AvgIpc) is 3.32. The van der Waals surface area contributed by atoms with Gasteiger partial charge in [0.1, 0.15) is 0 Å². The Morgan fingerprint density at radius 2 is 1.73 bits per heavy atom. The second kappa shape index (κ2) is 8.41. The van der Waals surface area contributed by atoms with Gasteiger partial charge in [0, 0.05) is 30.0 Å². The Bertz CT molecular complexity index is 1070. The molecular weight excluding hydrogens is 378 g/mol. The Kier molecular flexibility index (Phi) is 5.52. The number of anilines is 1. The van der Waals surface area contributed by atoms with E-state index in [1.165, 1.54) is 0 Å². The second-order valence-corrected chi connectivity index (χ2v) is 7.36. The number of aromatic nitrogens is 2. The monoisotopic (exact) mass is 403 g/mol. The lowest BCUT2D eigenvalue weighted by molar-refractivity contribution is -0.117. The first-order valence-electron chi connectivity index (χ1n) is 10.0. The van der Waals surface area contributed by atoms with Crippen LogP contribution in [0.3, 0.4) is 0 Å². The van der Waals surface area contributed by atoms with Crippen LogP contribution in [-0.4, -0.2) is 34.8 Å². The molecule has 7 heteroatoms. The van der Waals surface area contributed by atoms with Crippen molar-refractivity contribution in [2.45, 2.75) is 26.8 Å². The fourth-order valence-corrected chi connectivity index (χ4v) is 3.83. The van der Waals surface area contributed by atoms with E-state index in [9.17, 15) is 9.59 Å². The molecule has 3 aromatic rings. The van der Waals surface area contributed by atoms with Crippen LogP contribution in [0.4, 0.5) is 10.5 Å². The minimum Gasteiger partial charge on any atom is -0.334 e. The summed E-state index contributed by atoms with van der Waals surface area (Å²) >= 11 is 0. The number of rotatable bonds is 5. The highest BCUT2D eigenvalue weighted by Crippen LogP contribution is 2.27. The molecule has 2 heterocycles. The second-order valence-electron chi connectivity index (χ2n) is 7.36. The van der Waals surface area contributed by atoms with E-state index in [1.54, 1.807) is 4.90 Å². The molecular formula is C23H25N5O2. The SMILES string of the molecule is Cc1nn(-c2ccccc2)c(C)c1CNC(=O)NCC(=O)N1CCc2ccccc21. The molecule has 7 nitrogen and oxygen atoms in total. The van der Waals surface area contributed by atoms with Gasteiger partial charge in [-0.25, -0.2) is 9.48 Å². The number of carbonyl (C=O) groups excluding carboxylic acids is 2. The van der Waals surface area contributed by atoms with Gasteiger partial charge in [0.25, 0.3) is 0 Å². The van der Waals surface area contributed by atoms with Gasteiger partial charge in [-0.2, -0.15) is 5.10 Å². The lowest BCUT2D eigenvalue weighted by Crippen LogP contribution is -2.43. The summed E-state index contributed by atoms with van der Waals surface area (Å²) in [6.07, 6.45) is 0.845. The summed E-state index contributed by atoms with van der Waals surface area (Å²) in [6, 6.07) is 17.4. The molecule has 0 spiro atoms. The molecule has 1 aliphatic rings. The van der Waals surface area contributed by atoms with Crippen LogP contribution < -0.4 is 15.5 Å². The topological polar surface area (TPSA) is 79.3 Å². The molecule has 154 valence electrons. The van der Waals surface area contributed by atoms with Gasteiger partial charge in [-0.3, -0.25) is 4.79 Å². The number of aryl methyl sites for hydroxylation is 1. The molecule has 0 saturated carbocycles. The standard InChI is InChI=1S/C23H25N5O2/c1-16-20(17(2)28(26-16)19-9-4-3-5-10-19)14-24-23(30)25-15-22(29)27-13-12-18-8-6-7-11-21(18)27/h3-11H,12-15H2,1-2H3,(H2,24,25,30). The molecule has 0 saturated heterocycles. The van der Waals surface area contributed by atoms with E-state index in [0.29, 0.717) is 13.1 Å². The van der Waals surface area contributed by atoms with E-state index in [1.807, 2.05) is 73.1 Å². The zero-order valence-corrected chi connectivity index (χ0v) is 17.2. The summed E-state index contributed by atoms with van der Waals surface area (Å²) in [6.45, 7) is 4.86. The van der Waals surface area contributed by atoms with Gasteiger partial charge in [0.05, 0.1) is 17.9 Å². The van der Waals surface area contributed by atoms with Crippen LogP contribution in [0.25, 0.3) is 5.69 Å². The molecule has 0 aliphatic carbocycles. The molecule has 1 aliphatic heterocycles. The van der Waals surface area contributed by atoms with Crippen LogP contribution in [0, 0.1) is 13.8 Å². The Labute approximate surface area is 175 Å². The fourth-order valence-electron chi connectivity index (χ4n) is 3.83. The molecule has 3 amide bonds. The van der Waals surface area contributed by atoms with Crippen molar-refractivity contribution < 1.29 is 9.59 Å². The summed E-state index contributed by atoms with van der Waals surface area (Å²) in [5.41, 5.74) is 5.88. The van der Waals surface area contributed by atoms with E-state index >= 15 is 0 Å². The van der Waals surface area contributed by atoms with Crippen molar-refractivity contribution in [3.8, 4) is 5.69 Å². The van der Waals surface area contributed by atoms with Crippen molar-refractivity contribution in [3.63, 3.8) is 0 Å². The molecule has 0 radical (unpaired) electrons. The average molecular weight is 403 g/mol. The molecule has 0 fully saturated rings. The Hall–Kier alpha value is -3.61. The number of nitrogens with zero attached hydrogens (tertiary/aromatic N) is 3. The third-order valence-electron chi connectivity index (χ3n) is 5.46. The minimum absolute atomic E-state index is 0.0403. The minimum atomic E-state index is -0.373. The maximum atomic E-state index is 12.5. The predicted molar refractivity (Wildman–Crippen MR) is 116 cm³/mol. The number of hydrogen-bond donors (Lipinski definition) is 2. The zero-order chi connectivity index (χ0) is 21.1. The lowest BCUT2D eigenvalue weighted by atomic mass is 10.2. The summed E-state index contributed by atoms with van der Waals surface area (Å²) < 4.78 is 1.87.